The highest BCUT2D eigenvalue weighted by molar-refractivity contribution is 14.0. The van der Waals surface area contributed by atoms with E-state index in [1.165, 1.54) is 6.26 Å². The summed E-state index contributed by atoms with van der Waals surface area (Å²) in [5, 5.41) is 9.09. The summed E-state index contributed by atoms with van der Waals surface area (Å²) in [6, 6.07) is 6.89. The van der Waals surface area contributed by atoms with Crippen molar-refractivity contribution in [1.82, 2.24) is 16.0 Å². The number of methoxy groups -OCH3 is 1. The van der Waals surface area contributed by atoms with E-state index in [0.717, 1.165) is 0 Å². The topological polar surface area (TPSA) is 109 Å². The number of hydrogen-bond acceptors (Lipinski definition) is 5. The van der Waals surface area contributed by atoms with Crippen molar-refractivity contribution in [3.8, 4) is 5.75 Å². The third-order valence-electron chi connectivity index (χ3n) is 3.65. The Morgan fingerprint density at radius 3 is 2.61 bits per heavy atom. The number of nitrogens with one attached hydrogen (secondary N) is 3. The van der Waals surface area contributed by atoms with Gasteiger partial charge in [-0.15, -0.1) is 24.0 Å². The first kappa shape index (κ1) is 26.4. The molecule has 0 aliphatic heterocycles. The SMILES string of the molecule is CCNC(=NCCNC(=O)c1cccc(OC)c1)NC(C)CCS(C)(=O)=O.I. The number of carbonyl (C=O) groups excluding carboxylic acids is 1. The standard InChI is InChI=1S/C18H30N4O4S.HI/c1-5-19-18(22-14(2)9-12-27(4,24)25)21-11-10-20-17(23)15-7-6-8-16(13-15)26-3;/h6-8,13-14H,5,9-12H2,1-4H3,(H,20,23)(H2,19,21,22);1H. The minimum Gasteiger partial charge on any atom is -0.497 e. The minimum atomic E-state index is -2.99. The van der Waals surface area contributed by atoms with Gasteiger partial charge >= 0.3 is 0 Å². The Kier molecular flexibility index (Phi) is 12.8. The van der Waals surface area contributed by atoms with Gasteiger partial charge in [0.1, 0.15) is 15.6 Å². The van der Waals surface area contributed by atoms with Crippen LogP contribution in [-0.2, 0) is 9.84 Å². The summed E-state index contributed by atoms with van der Waals surface area (Å²) < 4.78 is 27.6. The molecule has 0 saturated heterocycles. The van der Waals surface area contributed by atoms with E-state index in [2.05, 4.69) is 20.9 Å². The molecule has 3 N–H and O–H groups in total. The highest BCUT2D eigenvalue weighted by Gasteiger charge is 2.10. The average Bonchev–Trinajstić information content (AvgIpc) is 2.63. The van der Waals surface area contributed by atoms with Gasteiger partial charge in [-0.05, 0) is 38.5 Å². The summed E-state index contributed by atoms with van der Waals surface area (Å²) in [6.45, 7) is 5.31. The molecule has 10 heteroatoms. The molecule has 0 bridgehead atoms. The van der Waals surface area contributed by atoms with Crippen molar-refractivity contribution >= 4 is 45.7 Å². The Hall–Kier alpha value is -1.56. The van der Waals surface area contributed by atoms with E-state index in [1.807, 2.05) is 13.8 Å². The zero-order valence-electron chi connectivity index (χ0n) is 16.8. The molecular weight excluding hydrogens is 495 g/mol. The van der Waals surface area contributed by atoms with Crippen LogP contribution in [0.1, 0.15) is 30.6 Å². The number of hydrogen-bond donors (Lipinski definition) is 3. The second-order valence-corrected chi connectivity index (χ2v) is 8.47. The average molecular weight is 526 g/mol. The van der Waals surface area contributed by atoms with Crippen LogP contribution in [0.25, 0.3) is 0 Å². The first-order chi connectivity index (χ1) is 12.7. The minimum absolute atomic E-state index is 0. The third kappa shape index (κ3) is 11.3. The molecule has 0 fully saturated rings. The number of carbonyl (C=O) groups is 1. The second kappa shape index (κ2) is 13.6. The normalized spacial score (nSPS) is 12.5. The molecule has 0 heterocycles. The molecule has 0 aliphatic carbocycles. The van der Waals surface area contributed by atoms with E-state index in [9.17, 15) is 13.2 Å². The van der Waals surface area contributed by atoms with Crippen LogP contribution in [0.4, 0.5) is 0 Å². The first-order valence-corrected chi connectivity index (χ1v) is 11.0. The van der Waals surface area contributed by atoms with Crippen LogP contribution >= 0.6 is 24.0 Å². The van der Waals surface area contributed by atoms with E-state index < -0.39 is 9.84 Å². The van der Waals surface area contributed by atoms with E-state index in [1.54, 1.807) is 31.4 Å². The molecule has 1 aromatic rings. The van der Waals surface area contributed by atoms with Crippen LogP contribution < -0.4 is 20.7 Å². The van der Waals surface area contributed by atoms with E-state index >= 15 is 0 Å². The molecule has 0 radical (unpaired) electrons. The van der Waals surface area contributed by atoms with Gasteiger partial charge in [-0.25, -0.2) is 8.42 Å². The van der Waals surface area contributed by atoms with Crippen LogP contribution in [0.3, 0.4) is 0 Å². The molecule has 28 heavy (non-hydrogen) atoms. The van der Waals surface area contributed by atoms with Gasteiger partial charge in [0.2, 0.25) is 0 Å². The number of ether oxygens (including phenoxy) is 1. The molecule has 0 aromatic heterocycles. The Labute approximate surface area is 184 Å². The monoisotopic (exact) mass is 526 g/mol. The number of aliphatic imine (C=N–C) groups is 1. The smallest absolute Gasteiger partial charge is 0.251 e. The van der Waals surface area contributed by atoms with Crippen molar-refractivity contribution < 1.29 is 17.9 Å². The van der Waals surface area contributed by atoms with E-state index in [-0.39, 0.29) is 41.7 Å². The summed E-state index contributed by atoms with van der Waals surface area (Å²) in [4.78, 5) is 16.5. The van der Waals surface area contributed by atoms with Crippen LogP contribution in [0.15, 0.2) is 29.3 Å². The fourth-order valence-corrected chi connectivity index (χ4v) is 3.00. The van der Waals surface area contributed by atoms with Crippen LogP contribution in [0.5, 0.6) is 5.75 Å². The number of amides is 1. The van der Waals surface area contributed by atoms with Gasteiger partial charge in [0, 0.05) is 31.0 Å². The van der Waals surface area contributed by atoms with Gasteiger partial charge in [0.15, 0.2) is 5.96 Å². The predicted molar refractivity (Wildman–Crippen MR) is 124 cm³/mol. The number of halogens is 1. The largest absolute Gasteiger partial charge is 0.497 e. The van der Waals surface area contributed by atoms with Crippen molar-refractivity contribution in [2.75, 3.05) is 38.8 Å². The zero-order valence-corrected chi connectivity index (χ0v) is 20.0. The highest BCUT2D eigenvalue weighted by atomic mass is 127. The molecule has 0 saturated carbocycles. The van der Waals surface area contributed by atoms with Gasteiger partial charge in [-0.3, -0.25) is 9.79 Å². The summed E-state index contributed by atoms with van der Waals surface area (Å²) >= 11 is 0. The van der Waals surface area contributed by atoms with Crippen LogP contribution in [-0.4, -0.2) is 65.1 Å². The van der Waals surface area contributed by atoms with Gasteiger partial charge in [0.25, 0.3) is 5.91 Å². The number of benzene rings is 1. The summed E-state index contributed by atoms with van der Waals surface area (Å²) in [7, 11) is -1.43. The van der Waals surface area contributed by atoms with Gasteiger partial charge < -0.3 is 20.7 Å². The van der Waals surface area contributed by atoms with Crippen molar-refractivity contribution in [2.24, 2.45) is 4.99 Å². The quantitative estimate of drug-likeness (QED) is 0.184. The number of guanidine groups is 1. The molecule has 1 aromatic carbocycles. The maximum absolute atomic E-state index is 12.1. The number of rotatable bonds is 10. The van der Waals surface area contributed by atoms with E-state index in [4.69, 9.17) is 4.74 Å². The molecule has 0 aliphatic rings. The number of nitrogens with zero attached hydrogens (tertiary/aromatic N) is 1. The maximum atomic E-state index is 12.1. The van der Waals surface area contributed by atoms with E-state index in [0.29, 0.717) is 43.3 Å². The molecule has 1 atom stereocenters. The molecule has 1 amide bonds. The molecule has 8 nitrogen and oxygen atoms in total. The van der Waals surface area contributed by atoms with Gasteiger partial charge in [-0.2, -0.15) is 0 Å². The third-order valence-corrected chi connectivity index (χ3v) is 4.63. The van der Waals surface area contributed by atoms with Crippen molar-refractivity contribution in [2.45, 2.75) is 26.3 Å². The summed E-state index contributed by atoms with van der Waals surface area (Å²) in [5.74, 6) is 1.15. The lowest BCUT2D eigenvalue weighted by atomic mass is 10.2. The molecular formula is C18H31IN4O4S. The fraction of sp³-hybridized carbons (Fsp3) is 0.556. The molecule has 1 unspecified atom stereocenters. The van der Waals surface area contributed by atoms with Crippen molar-refractivity contribution in [1.29, 1.82) is 0 Å². The zero-order chi connectivity index (χ0) is 20.3. The van der Waals surface area contributed by atoms with Crippen LogP contribution in [0.2, 0.25) is 0 Å². The van der Waals surface area contributed by atoms with Crippen molar-refractivity contribution in [3.63, 3.8) is 0 Å². The second-order valence-electron chi connectivity index (χ2n) is 6.21. The van der Waals surface area contributed by atoms with Gasteiger partial charge in [0.05, 0.1) is 19.4 Å². The Morgan fingerprint density at radius 1 is 1.29 bits per heavy atom. The molecule has 160 valence electrons. The predicted octanol–water partition coefficient (Wildman–Crippen LogP) is 1.42. The lowest BCUT2D eigenvalue weighted by Crippen LogP contribution is -2.43. The highest BCUT2D eigenvalue weighted by Crippen LogP contribution is 2.12. The molecule has 0 spiro atoms. The Morgan fingerprint density at radius 2 is 2.00 bits per heavy atom. The fourth-order valence-electron chi connectivity index (χ4n) is 2.22. The Bertz CT molecular complexity index is 741. The summed E-state index contributed by atoms with van der Waals surface area (Å²) in [5.41, 5.74) is 0.526. The maximum Gasteiger partial charge on any atom is 0.251 e. The summed E-state index contributed by atoms with van der Waals surface area (Å²) in [6.07, 6.45) is 1.72. The number of sulfone groups is 1. The van der Waals surface area contributed by atoms with Crippen molar-refractivity contribution in [3.05, 3.63) is 29.8 Å². The first-order valence-electron chi connectivity index (χ1n) is 8.90. The van der Waals surface area contributed by atoms with Crippen LogP contribution in [0, 0.1) is 0 Å². The molecule has 1 rings (SSSR count). The Balaban J connectivity index is 0.00000729. The lowest BCUT2D eigenvalue weighted by Gasteiger charge is -2.17. The lowest BCUT2D eigenvalue weighted by molar-refractivity contribution is 0.0954. The van der Waals surface area contributed by atoms with Gasteiger partial charge in [-0.1, -0.05) is 6.07 Å².